The number of ether oxygens (including phenoxy) is 2. The van der Waals surface area contributed by atoms with Crippen molar-refractivity contribution >= 4 is 27.5 Å². The van der Waals surface area contributed by atoms with E-state index in [1.165, 1.54) is 9.71 Å². The number of likely N-dealkylation sites (tertiary alicyclic amines) is 1. The van der Waals surface area contributed by atoms with E-state index in [9.17, 15) is 4.79 Å². The van der Waals surface area contributed by atoms with Crippen LogP contribution >= 0.6 is 11.3 Å². The third-order valence-corrected chi connectivity index (χ3v) is 6.50. The summed E-state index contributed by atoms with van der Waals surface area (Å²) in [5.74, 6) is 2.12. The van der Waals surface area contributed by atoms with Gasteiger partial charge in [0, 0.05) is 19.0 Å². The minimum atomic E-state index is 0.177. The Morgan fingerprint density at radius 3 is 2.78 bits per heavy atom. The Hall–Kier alpha value is -2.60. The van der Waals surface area contributed by atoms with E-state index in [-0.39, 0.29) is 12.7 Å². The second-order valence-electron chi connectivity index (χ2n) is 7.04. The smallest absolute Gasteiger partial charge is 0.231 e. The third-order valence-electron chi connectivity index (χ3n) is 5.30. The molecule has 2 aromatic carbocycles. The number of carbonyl (C=O) groups is 1. The molecule has 27 heavy (non-hydrogen) atoms. The Morgan fingerprint density at radius 2 is 1.93 bits per heavy atom. The Labute approximate surface area is 161 Å². The normalized spacial score (nSPS) is 16.8. The van der Waals surface area contributed by atoms with Gasteiger partial charge in [0.1, 0.15) is 0 Å². The van der Waals surface area contributed by atoms with Crippen molar-refractivity contribution in [3.8, 4) is 11.5 Å². The summed E-state index contributed by atoms with van der Waals surface area (Å²) < 4.78 is 12.0. The first kappa shape index (κ1) is 16.6. The summed E-state index contributed by atoms with van der Waals surface area (Å²) in [6.07, 6.45) is 2.36. The van der Waals surface area contributed by atoms with Gasteiger partial charge in [-0.25, -0.2) is 4.98 Å². The molecule has 3 aromatic rings. The SMILES string of the molecule is O=C(Cc1ccc2c(c1)OCO2)N1CCC(c2nc3ccccc3s2)CC1. The number of fused-ring (bicyclic) bond motifs is 2. The summed E-state index contributed by atoms with van der Waals surface area (Å²) in [7, 11) is 0. The Morgan fingerprint density at radius 1 is 1.11 bits per heavy atom. The highest BCUT2D eigenvalue weighted by atomic mass is 32.1. The second kappa shape index (κ2) is 6.85. The minimum absolute atomic E-state index is 0.177. The average Bonchev–Trinajstić information content (AvgIpc) is 3.34. The van der Waals surface area contributed by atoms with Gasteiger partial charge in [-0.3, -0.25) is 4.79 Å². The number of rotatable bonds is 3. The molecule has 2 aliphatic heterocycles. The molecular formula is C21H20N2O3S. The number of carbonyl (C=O) groups excluding carboxylic acids is 1. The number of hydrogen-bond donors (Lipinski definition) is 0. The molecule has 1 fully saturated rings. The molecule has 5 rings (SSSR count). The molecule has 0 bridgehead atoms. The minimum Gasteiger partial charge on any atom is -0.454 e. The van der Waals surface area contributed by atoms with E-state index in [1.54, 1.807) is 11.3 Å². The monoisotopic (exact) mass is 380 g/mol. The van der Waals surface area contributed by atoms with Crippen molar-refractivity contribution in [2.75, 3.05) is 19.9 Å². The summed E-state index contributed by atoms with van der Waals surface area (Å²) in [5.41, 5.74) is 2.05. The van der Waals surface area contributed by atoms with Crippen LogP contribution in [0, 0.1) is 0 Å². The highest BCUT2D eigenvalue weighted by molar-refractivity contribution is 7.18. The maximum atomic E-state index is 12.7. The van der Waals surface area contributed by atoms with Crippen LogP contribution in [0.25, 0.3) is 10.2 Å². The molecule has 1 saturated heterocycles. The Kier molecular flexibility index (Phi) is 4.20. The number of amides is 1. The largest absolute Gasteiger partial charge is 0.454 e. The summed E-state index contributed by atoms with van der Waals surface area (Å²) >= 11 is 1.79. The molecule has 0 atom stereocenters. The molecule has 0 spiro atoms. The van der Waals surface area contributed by atoms with E-state index in [0.717, 1.165) is 48.5 Å². The zero-order valence-corrected chi connectivity index (χ0v) is 15.7. The summed E-state index contributed by atoms with van der Waals surface area (Å²) in [6.45, 7) is 1.85. The fourth-order valence-electron chi connectivity index (χ4n) is 3.78. The van der Waals surface area contributed by atoms with Crippen molar-refractivity contribution in [3.63, 3.8) is 0 Å². The molecule has 1 aromatic heterocycles. The number of para-hydroxylation sites is 1. The zero-order valence-electron chi connectivity index (χ0n) is 14.9. The maximum absolute atomic E-state index is 12.7. The van der Waals surface area contributed by atoms with Gasteiger partial charge in [-0.2, -0.15) is 0 Å². The van der Waals surface area contributed by atoms with E-state index < -0.39 is 0 Å². The topological polar surface area (TPSA) is 51.7 Å². The fourth-order valence-corrected chi connectivity index (χ4v) is 4.91. The van der Waals surface area contributed by atoms with Gasteiger partial charge < -0.3 is 14.4 Å². The van der Waals surface area contributed by atoms with Gasteiger partial charge in [-0.05, 0) is 42.7 Å². The Bertz CT molecular complexity index is 959. The summed E-state index contributed by atoms with van der Waals surface area (Å²) in [6, 6.07) is 14.0. The van der Waals surface area contributed by atoms with Gasteiger partial charge in [-0.1, -0.05) is 18.2 Å². The lowest BCUT2D eigenvalue weighted by molar-refractivity contribution is -0.131. The van der Waals surface area contributed by atoms with Crippen molar-refractivity contribution < 1.29 is 14.3 Å². The van der Waals surface area contributed by atoms with E-state index in [2.05, 4.69) is 18.2 Å². The lowest BCUT2D eigenvalue weighted by atomic mass is 9.97. The summed E-state index contributed by atoms with van der Waals surface area (Å²) in [4.78, 5) is 19.5. The van der Waals surface area contributed by atoms with E-state index in [1.807, 2.05) is 29.2 Å². The second-order valence-corrected chi connectivity index (χ2v) is 8.10. The van der Waals surface area contributed by atoms with Crippen LogP contribution in [0.5, 0.6) is 11.5 Å². The van der Waals surface area contributed by atoms with Gasteiger partial charge >= 0.3 is 0 Å². The van der Waals surface area contributed by atoms with Crippen molar-refractivity contribution in [1.82, 2.24) is 9.88 Å². The lowest BCUT2D eigenvalue weighted by Crippen LogP contribution is -2.38. The number of hydrogen-bond acceptors (Lipinski definition) is 5. The first-order valence-corrected chi connectivity index (χ1v) is 10.1. The van der Waals surface area contributed by atoms with Crippen LogP contribution in [-0.4, -0.2) is 35.7 Å². The van der Waals surface area contributed by atoms with Crippen LogP contribution in [0.3, 0.4) is 0 Å². The molecule has 0 unspecified atom stereocenters. The van der Waals surface area contributed by atoms with Gasteiger partial charge in [0.25, 0.3) is 0 Å². The maximum Gasteiger partial charge on any atom is 0.231 e. The van der Waals surface area contributed by atoms with Gasteiger partial charge in [0.2, 0.25) is 12.7 Å². The number of nitrogens with zero attached hydrogens (tertiary/aromatic N) is 2. The van der Waals surface area contributed by atoms with Gasteiger partial charge in [-0.15, -0.1) is 11.3 Å². The number of piperidine rings is 1. The molecule has 6 heteroatoms. The predicted molar refractivity (Wildman–Crippen MR) is 104 cm³/mol. The van der Waals surface area contributed by atoms with Gasteiger partial charge in [0.05, 0.1) is 21.6 Å². The molecule has 1 amide bonds. The first-order valence-electron chi connectivity index (χ1n) is 9.28. The molecule has 5 nitrogen and oxygen atoms in total. The molecule has 0 aliphatic carbocycles. The molecule has 3 heterocycles. The van der Waals surface area contributed by atoms with Crippen molar-refractivity contribution in [2.45, 2.75) is 25.2 Å². The standard InChI is InChI=1S/C21H20N2O3S/c24-20(12-14-5-6-17-18(11-14)26-13-25-17)23-9-7-15(8-10-23)21-22-16-3-1-2-4-19(16)27-21/h1-6,11,15H,7-10,12-13H2. The van der Waals surface area contributed by atoms with Crippen LogP contribution in [-0.2, 0) is 11.2 Å². The molecule has 0 N–H and O–H groups in total. The highest BCUT2D eigenvalue weighted by Crippen LogP contribution is 2.35. The van der Waals surface area contributed by atoms with E-state index in [4.69, 9.17) is 14.5 Å². The van der Waals surface area contributed by atoms with Crippen LogP contribution in [0.2, 0.25) is 0 Å². The number of thiazole rings is 1. The van der Waals surface area contributed by atoms with Crippen LogP contribution in [0.4, 0.5) is 0 Å². The highest BCUT2D eigenvalue weighted by Gasteiger charge is 2.26. The van der Waals surface area contributed by atoms with Crippen molar-refractivity contribution in [2.24, 2.45) is 0 Å². The average molecular weight is 380 g/mol. The summed E-state index contributed by atoms with van der Waals surface area (Å²) in [5, 5.41) is 1.21. The molecular weight excluding hydrogens is 360 g/mol. The molecule has 0 saturated carbocycles. The zero-order chi connectivity index (χ0) is 18.2. The van der Waals surface area contributed by atoms with Crippen LogP contribution < -0.4 is 9.47 Å². The predicted octanol–water partition coefficient (Wildman–Crippen LogP) is 3.97. The fraction of sp³-hybridized carbons (Fsp3) is 0.333. The first-order chi connectivity index (χ1) is 13.3. The van der Waals surface area contributed by atoms with Crippen molar-refractivity contribution in [1.29, 1.82) is 0 Å². The third kappa shape index (κ3) is 3.25. The van der Waals surface area contributed by atoms with E-state index >= 15 is 0 Å². The van der Waals surface area contributed by atoms with Crippen LogP contribution in [0.1, 0.15) is 29.3 Å². The Balaban J connectivity index is 1.21. The van der Waals surface area contributed by atoms with E-state index in [0.29, 0.717) is 12.3 Å². The quantitative estimate of drug-likeness (QED) is 0.690. The van der Waals surface area contributed by atoms with Crippen LogP contribution in [0.15, 0.2) is 42.5 Å². The van der Waals surface area contributed by atoms with Crippen molar-refractivity contribution in [3.05, 3.63) is 53.0 Å². The number of aromatic nitrogens is 1. The number of benzene rings is 2. The lowest BCUT2D eigenvalue weighted by Gasteiger charge is -2.31. The molecule has 2 aliphatic rings. The molecule has 0 radical (unpaired) electrons. The molecule has 138 valence electrons. The van der Waals surface area contributed by atoms with Gasteiger partial charge in [0.15, 0.2) is 11.5 Å².